The van der Waals surface area contributed by atoms with Crippen LogP contribution in [-0.4, -0.2) is 40.3 Å². The molecular formula is C10H18N2O4. The number of carboxylic acids is 1. The van der Waals surface area contributed by atoms with Crippen LogP contribution in [0.25, 0.3) is 0 Å². The zero-order valence-electron chi connectivity index (χ0n) is 9.27. The van der Waals surface area contributed by atoms with Crippen molar-refractivity contribution in [3.8, 4) is 0 Å². The second-order valence-electron chi connectivity index (χ2n) is 4.46. The molecule has 0 aromatic rings. The number of rotatable bonds is 6. The van der Waals surface area contributed by atoms with E-state index >= 15 is 0 Å². The third kappa shape index (κ3) is 3.18. The molecule has 6 nitrogen and oxygen atoms in total. The van der Waals surface area contributed by atoms with Gasteiger partial charge in [0.05, 0.1) is 5.54 Å². The second-order valence-corrected chi connectivity index (χ2v) is 4.46. The molecule has 0 heterocycles. The van der Waals surface area contributed by atoms with Gasteiger partial charge >= 0.3 is 5.97 Å². The van der Waals surface area contributed by atoms with E-state index in [0.717, 1.165) is 12.8 Å². The summed E-state index contributed by atoms with van der Waals surface area (Å²) in [5.41, 5.74) is 4.97. The first kappa shape index (κ1) is 12.9. The monoisotopic (exact) mass is 230 g/mol. The highest BCUT2D eigenvalue weighted by Crippen LogP contribution is 2.38. The van der Waals surface area contributed by atoms with Crippen molar-refractivity contribution in [1.29, 1.82) is 0 Å². The van der Waals surface area contributed by atoms with Crippen LogP contribution in [0.5, 0.6) is 0 Å². The lowest BCUT2D eigenvalue weighted by molar-refractivity contribution is -0.147. The van der Waals surface area contributed by atoms with Crippen LogP contribution in [0.1, 0.15) is 26.2 Å². The maximum absolute atomic E-state index is 11.6. The largest absolute Gasteiger partial charge is 0.479 e. The van der Waals surface area contributed by atoms with Gasteiger partial charge < -0.3 is 21.3 Å². The van der Waals surface area contributed by atoms with Crippen molar-refractivity contribution in [1.82, 2.24) is 5.32 Å². The maximum atomic E-state index is 11.6. The predicted molar refractivity (Wildman–Crippen MR) is 56.6 cm³/mol. The van der Waals surface area contributed by atoms with Crippen molar-refractivity contribution < 1.29 is 19.8 Å². The number of amides is 1. The third-order valence-electron chi connectivity index (χ3n) is 2.90. The lowest BCUT2D eigenvalue weighted by Crippen LogP contribution is -2.53. The van der Waals surface area contributed by atoms with E-state index in [4.69, 9.17) is 15.9 Å². The van der Waals surface area contributed by atoms with Crippen LogP contribution >= 0.6 is 0 Å². The van der Waals surface area contributed by atoms with Crippen LogP contribution in [0, 0.1) is 5.92 Å². The van der Waals surface area contributed by atoms with E-state index in [1.165, 1.54) is 0 Å². The zero-order valence-corrected chi connectivity index (χ0v) is 9.27. The number of hydrogen-bond donors (Lipinski definition) is 4. The number of nitrogens with two attached hydrogens (primary N) is 1. The van der Waals surface area contributed by atoms with Crippen molar-refractivity contribution in [2.45, 2.75) is 37.8 Å². The van der Waals surface area contributed by atoms with E-state index in [1.807, 2.05) is 0 Å². The number of hydrogen-bond acceptors (Lipinski definition) is 4. The topological polar surface area (TPSA) is 113 Å². The summed E-state index contributed by atoms with van der Waals surface area (Å²) in [7, 11) is 0. The van der Waals surface area contributed by atoms with Gasteiger partial charge in [0.1, 0.15) is 0 Å². The van der Waals surface area contributed by atoms with Gasteiger partial charge in [-0.1, -0.05) is 0 Å². The number of carboxylic acid groups (broad SMARTS) is 1. The first-order chi connectivity index (χ1) is 7.35. The fourth-order valence-corrected chi connectivity index (χ4v) is 1.50. The minimum atomic E-state index is -1.44. The van der Waals surface area contributed by atoms with Gasteiger partial charge in [-0.2, -0.15) is 0 Å². The summed E-state index contributed by atoms with van der Waals surface area (Å²) in [6.07, 6.45) is 0.461. The number of nitrogens with one attached hydrogen (secondary N) is 1. The molecule has 0 spiro atoms. The zero-order chi connectivity index (χ0) is 12.3. The predicted octanol–water partition coefficient (Wildman–Crippen LogP) is -0.934. The Morgan fingerprint density at radius 2 is 2.12 bits per heavy atom. The Kier molecular flexibility index (Phi) is 3.88. The van der Waals surface area contributed by atoms with E-state index in [0.29, 0.717) is 0 Å². The molecule has 0 radical (unpaired) electrons. The van der Waals surface area contributed by atoms with Crippen molar-refractivity contribution in [3.05, 3.63) is 0 Å². The molecule has 92 valence electrons. The Bertz CT molecular complexity index is 287. The van der Waals surface area contributed by atoms with Crippen LogP contribution < -0.4 is 11.1 Å². The Hall–Kier alpha value is -1.14. The second kappa shape index (κ2) is 4.80. The van der Waals surface area contributed by atoms with Gasteiger partial charge in [-0.15, -0.1) is 0 Å². The summed E-state index contributed by atoms with van der Waals surface area (Å²) in [4.78, 5) is 21.9. The highest BCUT2D eigenvalue weighted by Gasteiger charge is 2.43. The summed E-state index contributed by atoms with van der Waals surface area (Å²) in [5.74, 6) is -1.35. The standard InChI is InChI=1S/C10H18N2O4/c1-10(11,6-2-3-6)9(16)12-5-4-7(13)8(14)15/h6-7,13H,2-5,11H2,1H3,(H,12,16)(H,14,15)/t7-,10?/m0/s1. The normalized spacial score (nSPS) is 20.9. The molecule has 1 unspecified atom stereocenters. The quantitative estimate of drug-likeness (QED) is 0.470. The molecular weight excluding hydrogens is 212 g/mol. The third-order valence-corrected chi connectivity index (χ3v) is 2.90. The summed E-state index contributed by atoms with van der Waals surface area (Å²) in [6.45, 7) is 1.79. The molecule has 1 saturated carbocycles. The van der Waals surface area contributed by atoms with E-state index in [2.05, 4.69) is 5.32 Å². The molecule has 1 aliphatic rings. The Morgan fingerprint density at radius 1 is 1.56 bits per heavy atom. The molecule has 5 N–H and O–H groups in total. The van der Waals surface area contributed by atoms with Crippen LogP contribution in [0.3, 0.4) is 0 Å². The number of aliphatic hydroxyl groups is 1. The van der Waals surface area contributed by atoms with Crippen molar-refractivity contribution >= 4 is 11.9 Å². The van der Waals surface area contributed by atoms with E-state index in [9.17, 15) is 9.59 Å². The van der Waals surface area contributed by atoms with Crippen LogP contribution in [-0.2, 0) is 9.59 Å². The summed E-state index contributed by atoms with van der Waals surface area (Å²) in [5, 5.41) is 19.9. The minimum absolute atomic E-state index is 0.0121. The molecule has 0 saturated heterocycles. The van der Waals surface area contributed by atoms with Gasteiger partial charge in [0.15, 0.2) is 6.10 Å². The number of aliphatic hydroxyl groups excluding tert-OH is 1. The number of carbonyl (C=O) groups is 2. The lowest BCUT2D eigenvalue weighted by Gasteiger charge is -2.23. The number of carbonyl (C=O) groups excluding carboxylic acids is 1. The van der Waals surface area contributed by atoms with Gasteiger partial charge in [-0.3, -0.25) is 4.79 Å². The minimum Gasteiger partial charge on any atom is -0.479 e. The molecule has 0 aliphatic heterocycles. The van der Waals surface area contributed by atoms with Crippen LogP contribution in [0.4, 0.5) is 0 Å². The van der Waals surface area contributed by atoms with Gasteiger partial charge in [0.2, 0.25) is 5.91 Å². The molecule has 2 atom stereocenters. The SMILES string of the molecule is CC(N)(C(=O)NCC[C@H](O)C(=O)O)C1CC1. The van der Waals surface area contributed by atoms with E-state index in [1.54, 1.807) is 6.92 Å². The molecule has 1 aliphatic carbocycles. The van der Waals surface area contributed by atoms with Crippen LogP contribution in [0.15, 0.2) is 0 Å². The molecule has 1 fully saturated rings. The molecule has 1 amide bonds. The average molecular weight is 230 g/mol. The molecule has 1 rings (SSSR count). The smallest absolute Gasteiger partial charge is 0.332 e. The Morgan fingerprint density at radius 3 is 2.56 bits per heavy atom. The Labute approximate surface area is 93.8 Å². The summed E-state index contributed by atoms with van der Waals surface area (Å²) in [6, 6.07) is 0. The lowest BCUT2D eigenvalue weighted by atomic mass is 9.96. The highest BCUT2D eigenvalue weighted by atomic mass is 16.4. The van der Waals surface area contributed by atoms with Gasteiger partial charge in [0, 0.05) is 13.0 Å². The molecule has 16 heavy (non-hydrogen) atoms. The van der Waals surface area contributed by atoms with Crippen molar-refractivity contribution in [2.75, 3.05) is 6.54 Å². The summed E-state index contributed by atoms with van der Waals surface area (Å²) < 4.78 is 0. The molecule has 6 heteroatoms. The van der Waals surface area contributed by atoms with Gasteiger partial charge in [-0.05, 0) is 25.7 Å². The fourth-order valence-electron chi connectivity index (χ4n) is 1.50. The summed E-state index contributed by atoms with van der Waals surface area (Å²) >= 11 is 0. The van der Waals surface area contributed by atoms with Gasteiger partial charge in [-0.25, -0.2) is 4.79 Å². The first-order valence-corrected chi connectivity index (χ1v) is 5.33. The molecule has 0 bridgehead atoms. The highest BCUT2D eigenvalue weighted by molar-refractivity contribution is 5.86. The molecule has 0 aromatic carbocycles. The first-order valence-electron chi connectivity index (χ1n) is 5.33. The van der Waals surface area contributed by atoms with E-state index < -0.39 is 17.6 Å². The number of aliphatic carboxylic acids is 1. The molecule has 0 aromatic heterocycles. The average Bonchev–Trinajstić information content (AvgIpc) is 3.00. The van der Waals surface area contributed by atoms with Crippen molar-refractivity contribution in [3.63, 3.8) is 0 Å². The van der Waals surface area contributed by atoms with Crippen molar-refractivity contribution in [2.24, 2.45) is 11.7 Å². The van der Waals surface area contributed by atoms with Crippen LogP contribution in [0.2, 0.25) is 0 Å². The van der Waals surface area contributed by atoms with Gasteiger partial charge in [0.25, 0.3) is 0 Å². The Balaban J connectivity index is 2.27. The maximum Gasteiger partial charge on any atom is 0.332 e. The van der Waals surface area contributed by atoms with E-state index in [-0.39, 0.29) is 24.8 Å². The fraction of sp³-hybridized carbons (Fsp3) is 0.800.